The van der Waals surface area contributed by atoms with Crippen molar-refractivity contribution < 1.29 is 27.1 Å². The number of hydrogen-bond acceptors (Lipinski definition) is 7. The minimum Gasteiger partial charge on any atom is -0.377 e. The molecule has 2 aliphatic rings. The minimum absolute atomic E-state index is 0.115. The summed E-state index contributed by atoms with van der Waals surface area (Å²) in [5.41, 5.74) is -0.618. The summed E-state index contributed by atoms with van der Waals surface area (Å²) >= 11 is 0. The molecule has 2 aromatic heterocycles. The van der Waals surface area contributed by atoms with E-state index in [2.05, 4.69) is 9.97 Å². The van der Waals surface area contributed by atoms with Crippen molar-refractivity contribution in [2.24, 2.45) is 0 Å². The van der Waals surface area contributed by atoms with Gasteiger partial charge in [0.15, 0.2) is 5.78 Å². The van der Waals surface area contributed by atoms with E-state index in [0.717, 1.165) is 21.7 Å². The van der Waals surface area contributed by atoms with Gasteiger partial charge in [-0.3, -0.25) is 14.2 Å². The molecular formula is C20H21F4N5O3. The molecule has 0 bridgehead atoms. The monoisotopic (exact) mass is 455 g/mol. The van der Waals surface area contributed by atoms with Crippen LogP contribution in [0.4, 0.5) is 29.3 Å². The zero-order valence-electron chi connectivity index (χ0n) is 17.2. The molecule has 0 radical (unpaired) electrons. The van der Waals surface area contributed by atoms with Crippen LogP contribution in [-0.4, -0.2) is 64.9 Å². The molecule has 0 aromatic carbocycles. The molecule has 0 spiro atoms. The fraction of sp³-hybridized carbons (Fsp3) is 0.500. The van der Waals surface area contributed by atoms with Crippen molar-refractivity contribution in [3.63, 3.8) is 0 Å². The average molecular weight is 455 g/mol. The molecule has 8 nitrogen and oxygen atoms in total. The predicted octanol–water partition coefficient (Wildman–Crippen LogP) is 2.03. The lowest BCUT2D eigenvalue weighted by atomic mass is 10.1. The summed E-state index contributed by atoms with van der Waals surface area (Å²) in [7, 11) is 0. The summed E-state index contributed by atoms with van der Waals surface area (Å²) in [6.45, 7) is 2.16. The molecule has 4 heterocycles. The van der Waals surface area contributed by atoms with Crippen LogP contribution in [0.1, 0.15) is 23.7 Å². The van der Waals surface area contributed by atoms with Gasteiger partial charge >= 0.3 is 6.18 Å². The Morgan fingerprint density at radius 3 is 2.75 bits per heavy atom. The lowest BCUT2D eigenvalue weighted by Gasteiger charge is -2.40. The number of fused-ring (bicyclic) bond motifs is 1. The molecule has 172 valence electrons. The van der Waals surface area contributed by atoms with Crippen LogP contribution >= 0.6 is 0 Å². The highest BCUT2D eigenvalue weighted by atomic mass is 19.4. The summed E-state index contributed by atoms with van der Waals surface area (Å²) in [4.78, 5) is 35.8. The van der Waals surface area contributed by atoms with E-state index in [1.54, 1.807) is 4.90 Å². The van der Waals surface area contributed by atoms with Crippen molar-refractivity contribution in [3.05, 3.63) is 46.3 Å². The number of ketones is 1. The molecule has 0 aliphatic carbocycles. The molecule has 0 unspecified atom stereocenters. The van der Waals surface area contributed by atoms with Crippen LogP contribution in [0.2, 0.25) is 0 Å². The number of nitrogens with zero attached hydrogens (tertiary/aromatic N) is 5. The van der Waals surface area contributed by atoms with Crippen LogP contribution in [0.5, 0.6) is 0 Å². The Labute approximate surface area is 180 Å². The number of Topliss-reactive ketones (excluding diaryl/α,β-unsaturated/α-hetero) is 1. The minimum atomic E-state index is -4.66. The van der Waals surface area contributed by atoms with E-state index in [-0.39, 0.29) is 29.9 Å². The third-order valence-electron chi connectivity index (χ3n) is 5.64. The number of aromatic nitrogens is 3. The number of rotatable bonds is 4. The van der Waals surface area contributed by atoms with Crippen LogP contribution in [0, 0.1) is 5.95 Å². The topological polar surface area (TPSA) is 80.6 Å². The highest BCUT2D eigenvalue weighted by molar-refractivity contribution is 5.99. The maximum atomic E-state index is 13.9. The van der Waals surface area contributed by atoms with Crippen LogP contribution in [-0.2, 0) is 11.3 Å². The van der Waals surface area contributed by atoms with Crippen molar-refractivity contribution in [2.45, 2.75) is 38.1 Å². The maximum absolute atomic E-state index is 13.9. The Balaban J connectivity index is 1.76. The van der Waals surface area contributed by atoms with Crippen molar-refractivity contribution in [3.8, 4) is 0 Å². The molecule has 2 atom stereocenters. The quantitative estimate of drug-likeness (QED) is 0.397. The van der Waals surface area contributed by atoms with Gasteiger partial charge in [-0.1, -0.05) is 0 Å². The van der Waals surface area contributed by atoms with Crippen molar-refractivity contribution >= 4 is 17.5 Å². The van der Waals surface area contributed by atoms with Gasteiger partial charge in [0, 0.05) is 37.0 Å². The van der Waals surface area contributed by atoms with Crippen LogP contribution in [0.25, 0.3) is 0 Å². The van der Waals surface area contributed by atoms with Gasteiger partial charge in [0.1, 0.15) is 11.9 Å². The fourth-order valence-corrected chi connectivity index (χ4v) is 4.02. The second-order valence-corrected chi connectivity index (χ2v) is 7.79. The largest absolute Gasteiger partial charge is 0.408 e. The second-order valence-electron chi connectivity index (χ2n) is 7.79. The summed E-state index contributed by atoms with van der Waals surface area (Å²) in [6, 6.07) is 1.24. The zero-order chi connectivity index (χ0) is 23.0. The lowest BCUT2D eigenvalue weighted by molar-refractivity contribution is -0.152. The van der Waals surface area contributed by atoms with Crippen molar-refractivity contribution in [1.29, 1.82) is 0 Å². The molecule has 4 rings (SSSR count). The van der Waals surface area contributed by atoms with Crippen LogP contribution in [0.3, 0.4) is 0 Å². The number of carbonyl (C=O) groups excluding carboxylic acids is 1. The number of ether oxygens (including phenoxy) is 1. The Hall–Kier alpha value is -3.02. The first-order valence-corrected chi connectivity index (χ1v) is 10.1. The van der Waals surface area contributed by atoms with E-state index >= 15 is 0 Å². The first-order chi connectivity index (χ1) is 15.1. The molecule has 2 aromatic rings. The standard InChI is InChI=1S/C20H21F4N5O3/c1-12-11-32-7-6-27(12)17-9-18(31)28-5-3-15(20(22,23)24)29(19(28)26-17)10-14(30)13-2-4-25-16(21)8-13/h2,4,8-9,12,15H,3,5-7,10-11H2,1H3/t12-,15+/m1/s1. The van der Waals surface area contributed by atoms with Gasteiger partial charge in [0.2, 0.25) is 11.9 Å². The molecule has 2 aliphatic heterocycles. The molecule has 32 heavy (non-hydrogen) atoms. The van der Waals surface area contributed by atoms with Gasteiger partial charge in [-0.25, -0.2) is 4.98 Å². The molecule has 0 saturated carbocycles. The Morgan fingerprint density at radius 1 is 1.28 bits per heavy atom. The van der Waals surface area contributed by atoms with Crippen molar-refractivity contribution in [1.82, 2.24) is 14.5 Å². The van der Waals surface area contributed by atoms with Gasteiger partial charge in [-0.05, 0) is 19.4 Å². The van der Waals surface area contributed by atoms with E-state index in [0.29, 0.717) is 19.8 Å². The second kappa shape index (κ2) is 8.49. The highest BCUT2D eigenvalue weighted by Crippen LogP contribution is 2.34. The number of halogens is 4. The first kappa shape index (κ1) is 22.2. The van der Waals surface area contributed by atoms with Gasteiger partial charge in [0.05, 0.1) is 25.8 Å². The van der Waals surface area contributed by atoms with E-state index in [9.17, 15) is 27.2 Å². The normalized spacial score (nSPS) is 21.4. The molecular weight excluding hydrogens is 434 g/mol. The van der Waals surface area contributed by atoms with Gasteiger partial charge in [0.25, 0.3) is 5.56 Å². The number of pyridine rings is 1. The summed E-state index contributed by atoms with van der Waals surface area (Å²) in [5, 5.41) is 0. The highest BCUT2D eigenvalue weighted by Gasteiger charge is 2.47. The molecule has 0 N–H and O–H groups in total. The third-order valence-corrected chi connectivity index (χ3v) is 5.64. The fourth-order valence-electron chi connectivity index (χ4n) is 4.02. The summed E-state index contributed by atoms with van der Waals surface area (Å²) < 4.78 is 61.5. The smallest absolute Gasteiger partial charge is 0.377 e. The molecule has 1 fully saturated rings. The number of morpholine rings is 1. The third kappa shape index (κ3) is 4.31. The summed E-state index contributed by atoms with van der Waals surface area (Å²) in [6.07, 6.45) is -4.01. The van der Waals surface area contributed by atoms with Crippen LogP contribution < -0.4 is 15.4 Å². The number of anilines is 2. The SMILES string of the molecule is C[C@@H]1COCCN1c1cc(=O)n2c(n1)N(CC(=O)c1ccnc(F)c1)[C@H](C(F)(F)F)CC2. The van der Waals surface area contributed by atoms with E-state index < -0.39 is 42.5 Å². The number of hydrogen-bond donors (Lipinski definition) is 0. The van der Waals surface area contributed by atoms with E-state index in [4.69, 9.17) is 4.74 Å². The first-order valence-electron chi connectivity index (χ1n) is 10.1. The number of carbonyl (C=O) groups is 1. The number of alkyl halides is 3. The Bertz CT molecular complexity index is 1070. The van der Waals surface area contributed by atoms with E-state index in [1.165, 1.54) is 12.1 Å². The van der Waals surface area contributed by atoms with Crippen LogP contribution in [0.15, 0.2) is 29.2 Å². The average Bonchev–Trinajstić information content (AvgIpc) is 2.73. The maximum Gasteiger partial charge on any atom is 0.408 e. The molecule has 0 amide bonds. The molecule has 1 saturated heterocycles. The Morgan fingerprint density at radius 2 is 2.06 bits per heavy atom. The Kier molecular flexibility index (Phi) is 5.89. The summed E-state index contributed by atoms with van der Waals surface area (Å²) in [5.74, 6) is -1.66. The van der Waals surface area contributed by atoms with E-state index in [1.807, 2.05) is 6.92 Å². The lowest BCUT2D eigenvalue weighted by Crippen LogP contribution is -2.54. The zero-order valence-corrected chi connectivity index (χ0v) is 17.2. The van der Waals surface area contributed by atoms with Crippen molar-refractivity contribution in [2.75, 3.05) is 36.1 Å². The van der Waals surface area contributed by atoms with Gasteiger partial charge in [-0.2, -0.15) is 22.5 Å². The predicted molar refractivity (Wildman–Crippen MR) is 106 cm³/mol. The van der Waals surface area contributed by atoms with Gasteiger partial charge < -0.3 is 14.5 Å². The molecule has 12 heteroatoms. The van der Waals surface area contributed by atoms with Gasteiger partial charge in [-0.15, -0.1) is 0 Å².